The van der Waals surface area contributed by atoms with Crippen LogP contribution in [-0.4, -0.2) is 65.5 Å². The van der Waals surface area contributed by atoms with E-state index in [0.717, 1.165) is 4.90 Å². The van der Waals surface area contributed by atoms with Gasteiger partial charge in [-0.25, -0.2) is 0 Å². The summed E-state index contributed by atoms with van der Waals surface area (Å²) in [5.41, 5.74) is 0.215. The predicted molar refractivity (Wildman–Crippen MR) is 96.3 cm³/mol. The monoisotopic (exact) mass is 404 g/mol. The Morgan fingerprint density at radius 3 is 2.66 bits per heavy atom. The number of piperidine rings is 1. The van der Waals surface area contributed by atoms with Crippen molar-refractivity contribution in [1.29, 1.82) is 0 Å². The van der Waals surface area contributed by atoms with Crippen molar-refractivity contribution >= 4 is 29.6 Å². The molecule has 29 heavy (non-hydrogen) atoms. The van der Waals surface area contributed by atoms with Gasteiger partial charge in [-0.05, 0) is 25.0 Å². The molecule has 1 atom stereocenters. The average molecular weight is 404 g/mol. The number of carbonyl (C=O) groups excluding carboxylic acids is 4. The fraction of sp³-hybridized carbons (Fsp3) is 0.421. The summed E-state index contributed by atoms with van der Waals surface area (Å²) < 4.78 is 10.9. The maximum atomic E-state index is 12.9. The van der Waals surface area contributed by atoms with Crippen LogP contribution in [0.25, 0.3) is 0 Å². The summed E-state index contributed by atoms with van der Waals surface area (Å²) in [4.78, 5) is 60.3. The molecule has 10 nitrogen and oxygen atoms in total. The Labute approximate surface area is 165 Å². The molecule has 1 fully saturated rings. The summed E-state index contributed by atoms with van der Waals surface area (Å²) in [6.45, 7) is 0.551. The molecule has 154 valence electrons. The SMILES string of the molecule is O=C(O)CCCOCCOc1cccc2c1C(=O)N(C1CCC(=O)NC1=O)C2=O. The number of imide groups is 2. The minimum absolute atomic E-state index is 0.0137. The number of hydrogen-bond acceptors (Lipinski definition) is 7. The molecule has 0 radical (unpaired) electrons. The molecule has 1 aromatic carbocycles. The number of ether oxygens (including phenoxy) is 2. The average Bonchev–Trinajstić information content (AvgIpc) is 2.92. The van der Waals surface area contributed by atoms with Crippen LogP contribution in [-0.2, 0) is 19.1 Å². The summed E-state index contributed by atoms with van der Waals surface area (Å²) >= 11 is 0. The summed E-state index contributed by atoms with van der Waals surface area (Å²) in [5, 5.41) is 10.7. The van der Waals surface area contributed by atoms with Crippen LogP contribution in [0.2, 0.25) is 0 Å². The number of hydrogen-bond donors (Lipinski definition) is 2. The van der Waals surface area contributed by atoms with Crippen molar-refractivity contribution in [3.8, 4) is 5.75 Å². The number of amides is 4. The van der Waals surface area contributed by atoms with Crippen molar-refractivity contribution in [2.45, 2.75) is 31.7 Å². The van der Waals surface area contributed by atoms with Crippen LogP contribution in [0.5, 0.6) is 5.75 Å². The smallest absolute Gasteiger partial charge is 0.303 e. The molecular weight excluding hydrogens is 384 g/mol. The number of carbonyl (C=O) groups is 5. The van der Waals surface area contributed by atoms with E-state index in [0.29, 0.717) is 6.42 Å². The first-order chi connectivity index (χ1) is 13.9. The molecule has 2 aliphatic rings. The molecule has 0 aliphatic carbocycles. The van der Waals surface area contributed by atoms with E-state index >= 15 is 0 Å². The van der Waals surface area contributed by atoms with Crippen LogP contribution in [0.1, 0.15) is 46.4 Å². The highest BCUT2D eigenvalue weighted by molar-refractivity contribution is 6.24. The van der Waals surface area contributed by atoms with Gasteiger partial charge in [-0.2, -0.15) is 0 Å². The van der Waals surface area contributed by atoms with Gasteiger partial charge in [0.05, 0.1) is 17.7 Å². The molecule has 2 aliphatic heterocycles. The van der Waals surface area contributed by atoms with Gasteiger partial charge in [-0.15, -0.1) is 0 Å². The first-order valence-corrected chi connectivity index (χ1v) is 9.17. The second-order valence-corrected chi connectivity index (χ2v) is 6.58. The van der Waals surface area contributed by atoms with E-state index in [4.69, 9.17) is 14.6 Å². The minimum atomic E-state index is -1.04. The lowest BCUT2D eigenvalue weighted by atomic mass is 10.0. The lowest BCUT2D eigenvalue weighted by molar-refractivity contribution is -0.138. The predicted octanol–water partition coefficient (Wildman–Crippen LogP) is 0.348. The third-order valence-corrected chi connectivity index (χ3v) is 4.59. The normalized spacial score (nSPS) is 18.6. The second-order valence-electron chi connectivity index (χ2n) is 6.58. The Morgan fingerprint density at radius 1 is 1.14 bits per heavy atom. The summed E-state index contributed by atoms with van der Waals surface area (Å²) in [6.07, 6.45) is 0.521. The van der Waals surface area contributed by atoms with Gasteiger partial charge in [0, 0.05) is 19.4 Å². The van der Waals surface area contributed by atoms with E-state index in [-0.39, 0.29) is 56.0 Å². The molecule has 0 saturated carbocycles. The van der Waals surface area contributed by atoms with Crippen molar-refractivity contribution in [3.05, 3.63) is 29.3 Å². The molecule has 2 N–H and O–H groups in total. The lowest BCUT2D eigenvalue weighted by Gasteiger charge is -2.27. The fourth-order valence-electron chi connectivity index (χ4n) is 3.24. The van der Waals surface area contributed by atoms with Crippen LogP contribution >= 0.6 is 0 Å². The van der Waals surface area contributed by atoms with E-state index in [1.54, 1.807) is 12.1 Å². The zero-order valence-corrected chi connectivity index (χ0v) is 15.5. The Kier molecular flexibility index (Phi) is 6.23. The van der Waals surface area contributed by atoms with E-state index in [1.807, 2.05) is 0 Å². The van der Waals surface area contributed by atoms with E-state index in [1.165, 1.54) is 6.07 Å². The Balaban J connectivity index is 1.63. The molecule has 2 heterocycles. The molecule has 3 rings (SSSR count). The van der Waals surface area contributed by atoms with E-state index in [9.17, 15) is 24.0 Å². The third kappa shape index (κ3) is 4.43. The quantitative estimate of drug-likeness (QED) is 0.444. The van der Waals surface area contributed by atoms with Gasteiger partial charge in [0.2, 0.25) is 11.8 Å². The van der Waals surface area contributed by atoms with Crippen molar-refractivity contribution in [3.63, 3.8) is 0 Å². The molecule has 0 bridgehead atoms. The molecule has 10 heteroatoms. The van der Waals surface area contributed by atoms with Crippen LogP contribution < -0.4 is 10.1 Å². The van der Waals surface area contributed by atoms with Gasteiger partial charge in [0.25, 0.3) is 11.8 Å². The summed E-state index contributed by atoms with van der Waals surface area (Å²) in [5.74, 6) is -3.05. The number of carboxylic acid groups (broad SMARTS) is 1. The van der Waals surface area contributed by atoms with Crippen molar-refractivity contribution in [1.82, 2.24) is 10.2 Å². The number of rotatable bonds is 9. The largest absolute Gasteiger partial charge is 0.490 e. The highest BCUT2D eigenvalue weighted by Crippen LogP contribution is 2.33. The number of benzene rings is 1. The standard InChI is InChI=1S/C19H20N2O8/c22-14-7-6-12(17(25)20-14)21-18(26)11-3-1-4-13(16(11)19(21)27)29-10-9-28-8-2-5-15(23)24/h1,3-4,12H,2,5-10H2,(H,23,24)(H,20,22,25). The molecular formula is C19H20N2O8. The molecule has 0 aromatic heterocycles. The minimum Gasteiger partial charge on any atom is -0.490 e. The maximum absolute atomic E-state index is 12.9. The van der Waals surface area contributed by atoms with E-state index < -0.39 is 35.6 Å². The van der Waals surface area contributed by atoms with Crippen LogP contribution in [0.4, 0.5) is 0 Å². The Bertz CT molecular complexity index is 866. The van der Waals surface area contributed by atoms with Gasteiger partial charge in [0.15, 0.2) is 0 Å². The fourth-order valence-corrected chi connectivity index (χ4v) is 3.24. The topological polar surface area (TPSA) is 139 Å². The van der Waals surface area contributed by atoms with Gasteiger partial charge in [0.1, 0.15) is 18.4 Å². The molecule has 1 saturated heterocycles. The molecule has 4 amide bonds. The maximum Gasteiger partial charge on any atom is 0.303 e. The number of aliphatic carboxylic acids is 1. The molecule has 1 aromatic rings. The van der Waals surface area contributed by atoms with Crippen molar-refractivity contribution < 1.29 is 38.6 Å². The zero-order valence-electron chi connectivity index (χ0n) is 15.5. The van der Waals surface area contributed by atoms with Gasteiger partial charge in [-0.1, -0.05) is 6.07 Å². The van der Waals surface area contributed by atoms with Gasteiger partial charge in [-0.3, -0.25) is 34.2 Å². The Morgan fingerprint density at radius 2 is 1.93 bits per heavy atom. The van der Waals surface area contributed by atoms with Gasteiger partial charge >= 0.3 is 5.97 Å². The summed E-state index contributed by atoms with van der Waals surface area (Å²) in [6, 6.07) is 3.56. The first-order valence-electron chi connectivity index (χ1n) is 9.17. The highest BCUT2D eigenvalue weighted by atomic mass is 16.5. The zero-order chi connectivity index (χ0) is 21.0. The van der Waals surface area contributed by atoms with E-state index in [2.05, 4.69) is 5.32 Å². The number of nitrogens with one attached hydrogen (secondary N) is 1. The highest BCUT2D eigenvalue weighted by Gasteiger charge is 2.45. The Hall–Kier alpha value is -3.27. The first kappa shape index (κ1) is 20.5. The lowest BCUT2D eigenvalue weighted by Crippen LogP contribution is -2.54. The molecule has 1 unspecified atom stereocenters. The third-order valence-electron chi connectivity index (χ3n) is 4.59. The van der Waals surface area contributed by atoms with Crippen LogP contribution in [0, 0.1) is 0 Å². The molecule has 0 spiro atoms. The number of nitrogens with zero attached hydrogens (tertiary/aromatic N) is 1. The summed E-state index contributed by atoms with van der Waals surface area (Å²) in [7, 11) is 0. The number of fused-ring (bicyclic) bond motifs is 1. The van der Waals surface area contributed by atoms with Crippen molar-refractivity contribution in [2.24, 2.45) is 0 Å². The number of carboxylic acids is 1. The van der Waals surface area contributed by atoms with Crippen molar-refractivity contribution in [2.75, 3.05) is 19.8 Å². The van der Waals surface area contributed by atoms with Crippen LogP contribution in [0.15, 0.2) is 18.2 Å². The second kappa shape index (κ2) is 8.82. The van der Waals surface area contributed by atoms with Gasteiger partial charge < -0.3 is 14.6 Å². The van der Waals surface area contributed by atoms with Crippen LogP contribution in [0.3, 0.4) is 0 Å².